The third-order valence-corrected chi connectivity index (χ3v) is 4.34. The third-order valence-electron chi connectivity index (χ3n) is 4.34. The fourth-order valence-corrected chi connectivity index (χ4v) is 2.85. The number of nitrogens with one attached hydrogen (secondary N) is 1. The molecule has 1 amide bonds. The molecule has 29 heavy (non-hydrogen) atoms. The Labute approximate surface area is 167 Å². The molecule has 0 saturated carbocycles. The highest BCUT2D eigenvalue weighted by atomic mass is 16.5. The van der Waals surface area contributed by atoms with Gasteiger partial charge >= 0.3 is 0 Å². The van der Waals surface area contributed by atoms with Crippen LogP contribution < -0.4 is 10.1 Å². The molecule has 3 heterocycles. The van der Waals surface area contributed by atoms with Crippen molar-refractivity contribution in [3.8, 4) is 16.9 Å². The summed E-state index contributed by atoms with van der Waals surface area (Å²) in [7, 11) is 1.61. The van der Waals surface area contributed by atoms with E-state index in [1.807, 2.05) is 42.6 Å². The van der Waals surface area contributed by atoms with Gasteiger partial charge in [0.25, 0.3) is 5.91 Å². The largest absolute Gasteiger partial charge is 0.497 e. The average Bonchev–Trinajstić information content (AvgIpc) is 3.43. The van der Waals surface area contributed by atoms with Crippen LogP contribution in [0.3, 0.4) is 0 Å². The number of aromatic nitrogens is 4. The van der Waals surface area contributed by atoms with E-state index in [2.05, 4.69) is 20.6 Å². The number of carbonyl (C=O) groups excluding carboxylic acids is 1. The van der Waals surface area contributed by atoms with Crippen LogP contribution in [0.5, 0.6) is 5.75 Å². The molecule has 0 radical (unpaired) electrons. The Morgan fingerprint density at radius 2 is 2.03 bits per heavy atom. The van der Waals surface area contributed by atoms with Crippen LogP contribution in [0.4, 0.5) is 0 Å². The summed E-state index contributed by atoms with van der Waals surface area (Å²) in [5.74, 6) is 0.979. The summed E-state index contributed by atoms with van der Waals surface area (Å²) in [6.07, 6.45) is 7.15. The molecule has 146 valence electrons. The van der Waals surface area contributed by atoms with Crippen LogP contribution in [0.15, 0.2) is 71.8 Å². The maximum atomic E-state index is 12.3. The van der Waals surface area contributed by atoms with Gasteiger partial charge in [0.1, 0.15) is 12.3 Å². The van der Waals surface area contributed by atoms with E-state index in [1.165, 1.54) is 0 Å². The lowest BCUT2D eigenvalue weighted by Crippen LogP contribution is -2.23. The zero-order chi connectivity index (χ0) is 20.1. The van der Waals surface area contributed by atoms with E-state index in [1.54, 1.807) is 36.4 Å². The van der Waals surface area contributed by atoms with Crippen LogP contribution in [0, 0.1) is 0 Å². The van der Waals surface area contributed by atoms with Gasteiger partial charge in [-0.3, -0.25) is 14.5 Å². The van der Waals surface area contributed by atoms with E-state index in [0.717, 1.165) is 22.4 Å². The van der Waals surface area contributed by atoms with E-state index >= 15 is 0 Å². The van der Waals surface area contributed by atoms with E-state index in [9.17, 15) is 4.79 Å². The first-order chi connectivity index (χ1) is 14.2. The van der Waals surface area contributed by atoms with Gasteiger partial charge < -0.3 is 14.6 Å². The minimum Gasteiger partial charge on any atom is -0.497 e. The quantitative estimate of drug-likeness (QED) is 0.522. The van der Waals surface area contributed by atoms with Crippen molar-refractivity contribution in [1.29, 1.82) is 0 Å². The number of rotatable bonds is 7. The first-order valence-corrected chi connectivity index (χ1v) is 9.01. The van der Waals surface area contributed by atoms with Gasteiger partial charge in [-0.1, -0.05) is 17.3 Å². The minimum absolute atomic E-state index is 0.226. The SMILES string of the molecule is COc1cccc(CNC(=O)c2cc(Cn3cc(-c4ccncc4)cn3)on2)c1. The van der Waals surface area contributed by atoms with E-state index in [-0.39, 0.29) is 11.6 Å². The molecule has 0 unspecified atom stereocenters. The zero-order valence-corrected chi connectivity index (χ0v) is 15.8. The van der Waals surface area contributed by atoms with Crippen LogP contribution in [0.25, 0.3) is 11.1 Å². The molecule has 0 aliphatic rings. The van der Waals surface area contributed by atoms with Crippen molar-refractivity contribution in [2.75, 3.05) is 7.11 Å². The zero-order valence-electron chi connectivity index (χ0n) is 15.8. The molecule has 0 atom stereocenters. The highest BCUT2D eigenvalue weighted by Crippen LogP contribution is 2.18. The first-order valence-electron chi connectivity index (χ1n) is 9.01. The summed E-state index contributed by atoms with van der Waals surface area (Å²) in [5.41, 5.74) is 3.16. The molecule has 1 aromatic carbocycles. The van der Waals surface area contributed by atoms with Gasteiger partial charge in [0.2, 0.25) is 0 Å². The van der Waals surface area contributed by atoms with Crippen LogP contribution in [-0.4, -0.2) is 32.9 Å². The fourth-order valence-electron chi connectivity index (χ4n) is 2.85. The van der Waals surface area contributed by atoms with E-state index < -0.39 is 0 Å². The van der Waals surface area contributed by atoms with Crippen LogP contribution in [0.1, 0.15) is 21.8 Å². The number of hydrogen-bond acceptors (Lipinski definition) is 6. The molecule has 1 N–H and O–H groups in total. The number of methoxy groups -OCH3 is 1. The van der Waals surface area contributed by atoms with Gasteiger partial charge in [-0.2, -0.15) is 5.10 Å². The Morgan fingerprint density at radius 1 is 1.17 bits per heavy atom. The molecular weight excluding hydrogens is 370 g/mol. The standard InChI is InChI=1S/C21H19N5O3/c1-28-18-4-2-3-15(9-18)11-23-21(27)20-10-19(29-25-20)14-26-13-17(12-24-26)16-5-7-22-8-6-16/h2-10,12-13H,11,14H2,1H3,(H,23,27). The number of carbonyl (C=O) groups is 1. The van der Waals surface area contributed by atoms with Crippen molar-refractivity contribution in [3.63, 3.8) is 0 Å². The van der Waals surface area contributed by atoms with Gasteiger partial charge in [0.05, 0.1) is 13.3 Å². The van der Waals surface area contributed by atoms with Crippen molar-refractivity contribution in [3.05, 3.63) is 84.3 Å². The predicted molar refractivity (Wildman–Crippen MR) is 105 cm³/mol. The lowest BCUT2D eigenvalue weighted by Gasteiger charge is -2.05. The second-order valence-electron chi connectivity index (χ2n) is 6.38. The Hall–Kier alpha value is -3.94. The van der Waals surface area contributed by atoms with Crippen molar-refractivity contribution >= 4 is 5.91 Å². The summed E-state index contributed by atoms with van der Waals surface area (Å²) < 4.78 is 12.2. The maximum absolute atomic E-state index is 12.3. The predicted octanol–water partition coefficient (Wildman–Crippen LogP) is 2.92. The third kappa shape index (κ3) is 4.49. The molecule has 0 aliphatic carbocycles. The molecule has 0 spiro atoms. The number of amides is 1. The molecular formula is C21H19N5O3. The van der Waals surface area contributed by atoms with Crippen LogP contribution in [-0.2, 0) is 13.1 Å². The molecule has 0 saturated heterocycles. The lowest BCUT2D eigenvalue weighted by molar-refractivity contribution is 0.0941. The molecule has 0 fully saturated rings. The average molecular weight is 389 g/mol. The van der Waals surface area contributed by atoms with E-state index in [0.29, 0.717) is 18.8 Å². The van der Waals surface area contributed by atoms with Crippen molar-refractivity contribution in [2.45, 2.75) is 13.1 Å². The second-order valence-corrected chi connectivity index (χ2v) is 6.38. The highest BCUT2D eigenvalue weighted by molar-refractivity contribution is 5.92. The number of benzene rings is 1. The number of ether oxygens (including phenoxy) is 1. The monoisotopic (exact) mass is 389 g/mol. The number of pyridine rings is 1. The molecule has 4 rings (SSSR count). The molecule has 4 aromatic rings. The Balaban J connectivity index is 1.37. The van der Waals surface area contributed by atoms with Crippen LogP contribution in [0.2, 0.25) is 0 Å². The van der Waals surface area contributed by atoms with Crippen molar-refractivity contribution in [1.82, 2.24) is 25.2 Å². The molecule has 8 heteroatoms. The Morgan fingerprint density at radius 3 is 2.86 bits per heavy atom. The summed E-state index contributed by atoms with van der Waals surface area (Å²) in [5, 5.41) is 11.0. The fraction of sp³-hybridized carbons (Fsp3) is 0.143. The normalized spacial score (nSPS) is 10.7. The van der Waals surface area contributed by atoms with E-state index in [4.69, 9.17) is 9.26 Å². The lowest BCUT2D eigenvalue weighted by atomic mass is 10.1. The van der Waals surface area contributed by atoms with Crippen LogP contribution >= 0.6 is 0 Å². The van der Waals surface area contributed by atoms with Gasteiger partial charge in [-0.05, 0) is 35.4 Å². The Bertz CT molecular complexity index is 1100. The van der Waals surface area contributed by atoms with Gasteiger partial charge in [-0.15, -0.1) is 0 Å². The summed E-state index contributed by atoms with van der Waals surface area (Å²) in [6.45, 7) is 0.744. The van der Waals surface area contributed by atoms with Gasteiger partial charge in [0, 0.05) is 36.8 Å². The van der Waals surface area contributed by atoms with Crippen molar-refractivity contribution in [2.24, 2.45) is 0 Å². The summed E-state index contributed by atoms with van der Waals surface area (Å²) in [6, 6.07) is 13.0. The number of hydrogen-bond donors (Lipinski definition) is 1. The first kappa shape index (κ1) is 18.4. The molecule has 8 nitrogen and oxygen atoms in total. The smallest absolute Gasteiger partial charge is 0.273 e. The maximum Gasteiger partial charge on any atom is 0.273 e. The minimum atomic E-state index is -0.305. The highest BCUT2D eigenvalue weighted by Gasteiger charge is 2.13. The van der Waals surface area contributed by atoms with Gasteiger partial charge in [-0.25, -0.2) is 0 Å². The molecule has 0 aliphatic heterocycles. The summed E-state index contributed by atoms with van der Waals surface area (Å²) >= 11 is 0. The molecule has 3 aromatic heterocycles. The van der Waals surface area contributed by atoms with Crippen molar-refractivity contribution < 1.29 is 14.1 Å². The molecule has 0 bridgehead atoms. The summed E-state index contributed by atoms with van der Waals surface area (Å²) in [4.78, 5) is 16.3. The second kappa shape index (κ2) is 8.39. The number of nitrogens with zero attached hydrogens (tertiary/aromatic N) is 4. The Kier molecular flexibility index (Phi) is 5.33. The van der Waals surface area contributed by atoms with Gasteiger partial charge in [0.15, 0.2) is 11.5 Å². The topological polar surface area (TPSA) is 95.1 Å².